The molecule has 0 spiro atoms. The van der Waals surface area contributed by atoms with Crippen molar-refractivity contribution in [3.8, 4) is 0 Å². The van der Waals surface area contributed by atoms with Crippen molar-refractivity contribution in [2.75, 3.05) is 14.1 Å². The molecule has 0 bridgehead atoms. The van der Waals surface area contributed by atoms with Gasteiger partial charge in [-0.25, -0.2) is 0 Å². The van der Waals surface area contributed by atoms with E-state index in [2.05, 4.69) is 21.3 Å². The average molecular weight is 385 g/mol. The predicted molar refractivity (Wildman–Crippen MR) is 110 cm³/mol. The van der Waals surface area contributed by atoms with Crippen molar-refractivity contribution >= 4 is 17.7 Å². The molecule has 27 heavy (non-hydrogen) atoms. The summed E-state index contributed by atoms with van der Waals surface area (Å²) in [5, 5.41) is 9.45. The zero-order valence-corrected chi connectivity index (χ0v) is 17.0. The lowest BCUT2D eigenvalue weighted by Crippen LogP contribution is -2.27. The van der Waals surface area contributed by atoms with E-state index in [1.54, 1.807) is 19.0 Å². The van der Waals surface area contributed by atoms with Crippen molar-refractivity contribution in [1.82, 2.24) is 19.7 Å². The summed E-state index contributed by atoms with van der Waals surface area (Å²) >= 11 is 1.48. The number of allylic oxidation sites excluding steroid dienone is 1. The van der Waals surface area contributed by atoms with E-state index in [-0.39, 0.29) is 11.2 Å². The second kappa shape index (κ2) is 9.22. The van der Waals surface area contributed by atoms with Crippen LogP contribution >= 0.6 is 11.8 Å². The summed E-state index contributed by atoms with van der Waals surface area (Å²) in [7, 11) is 3.58. The monoisotopic (exact) mass is 384 g/mol. The molecule has 144 valence electrons. The molecule has 0 N–H and O–H groups in total. The van der Waals surface area contributed by atoms with Gasteiger partial charge in [0.2, 0.25) is 5.91 Å². The molecule has 5 nitrogen and oxygen atoms in total. The Balaban J connectivity index is 1.92. The number of thioether (sulfide) groups is 1. The van der Waals surface area contributed by atoms with Gasteiger partial charge in [-0.2, -0.15) is 0 Å². The van der Waals surface area contributed by atoms with Gasteiger partial charge < -0.3 is 9.47 Å². The van der Waals surface area contributed by atoms with Gasteiger partial charge >= 0.3 is 0 Å². The standard InChI is InChI=1S/C21H28N4OS/c1-4-15-25-19(17-13-9-6-10-14-17)22-23-21(25)27-18(20(26)24(2)3)16-11-7-5-8-12-16/h4-5,7-8,11-12,17-18H,1,6,9-10,13-15H2,2-3H3/t18-/m1/s1. The molecule has 1 amide bonds. The fourth-order valence-corrected chi connectivity index (χ4v) is 4.78. The van der Waals surface area contributed by atoms with E-state index in [4.69, 9.17) is 0 Å². The van der Waals surface area contributed by atoms with Crippen LogP contribution in [0.4, 0.5) is 0 Å². The summed E-state index contributed by atoms with van der Waals surface area (Å²) in [5.41, 5.74) is 0.980. The van der Waals surface area contributed by atoms with Gasteiger partial charge in [-0.1, -0.05) is 67.4 Å². The van der Waals surface area contributed by atoms with E-state index >= 15 is 0 Å². The molecule has 0 saturated heterocycles. The van der Waals surface area contributed by atoms with Gasteiger partial charge in [-0.05, 0) is 18.4 Å². The third kappa shape index (κ3) is 4.61. The highest BCUT2D eigenvalue weighted by molar-refractivity contribution is 8.00. The Bertz CT molecular complexity index is 766. The first kappa shape index (κ1) is 19.7. The molecule has 1 saturated carbocycles. The largest absolute Gasteiger partial charge is 0.348 e. The fourth-order valence-electron chi connectivity index (χ4n) is 3.58. The molecule has 1 atom stereocenters. The maximum atomic E-state index is 12.9. The van der Waals surface area contributed by atoms with Crippen LogP contribution in [0.2, 0.25) is 0 Å². The Morgan fingerprint density at radius 2 is 1.96 bits per heavy atom. The molecule has 1 aliphatic rings. The fraction of sp³-hybridized carbons (Fsp3) is 0.476. The quantitative estimate of drug-likeness (QED) is 0.523. The van der Waals surface area contributed by atoms with Gasteiger partial charge in [0.05, 0.1) is 0 Å². The molecule has 6 heteroatoms. The van der Waals surface area contributed by atoms with Crippen LogP contribution in [-0.2, 0) is 11.3 Å². The number of hydrogen-bond acceptors (Lipinski definition) is 4. The van der Waals surface area contributed by atoms with E-state index in [0.717, 1.165) is 16.5 Å². The van der Waals surface area contributed by atoms with Crippen LogP contribution in [-0.4, -0.2) is 39.7 Å². The summed E-state index contributed by atoms with van der Waals surface area (Å²) in [5.74, 6) is 1.56. The average Bonchev–Trinajstić information content (AvgIpc) is 3.09. The summed E-state index contributed by atoms with van der Waals surface area (Å²) in [4.78, 5) is 14.5. The summed E-state index contributed by atoms with van der Waals surface area (Å²) in [6.07, 6.45) is 8.02. The lowest BCUT2D eigenvalue weighted by Gasteiger charge is -2.23. The maximum Gasteiger partial charge on any atom is 0.240 e. The molecular formula is C21H28N4OS. The van der Waals surface area contributed by atoms with Crippen LogP contribution in [0.3, 0.4) is 0 Å². The van der Waals surface area contributed by atoms with Crippen molar-refractivity contribution in [3.05, 3.63) is 54.4 Å². The molecule has 2 aromatic rings. The smallest absolute Gasteiger partial charge is 0.240 e. The van der Waals surface area contributed by atoms with Crippen molar-refractivity contribution < 1.29 is 4.79 Å². The predicted octanol–water partition coefficient (Wildman–Crippen LogP) is 4.43. The topological polar surface area (TPSA) is 51.0 Å². The first-order valence-corrected chi connectivity index (χ1v) is 10.5. The SMILES string of the molecule is C=CCn1c(S[C@@H](C(=O)N(C)C)c2ccccc2)nnc1C1CCCCC1. The van der Waals surface area contributed by atoms with Crippen LogP contribution in [0, 0.1) is 0 Å². The minimum absolute atomic E-state index is 0.0542. The number of rotatable bonds is 7. The van der Waals surface area contributed by atoms with Crippen LogP contribution in [0.5, 0.6) is 0 Å². The number of hydrogen-bond donors (Lipinski definition) is 0. The number of benzene rings is 1. The van der Waals surface area contributed by atoms with Gasteiger partial charge in [-0.15, -0.1) is 16.8 Å². The van der Waals surface area contributed by atoms with Crippen LogP contribution in [0.25, 0.3) is 0 Å². The van der Waals surface area contributed by atoms with Gasteiger partial charge in [0, 0.05) is 26.6 Å². The van der Waals surface area contributed by atoms with E-state index in [1.165, 1.54) is 43.9 Å². The zero-order chi connectivity index (χ0) is 19.2. The van der Waals surface area contributed by atoms with Crippen molar-refractivity contribution in [1.29, 1.82) is 0 Å². The van der Waals surface area contributed by atoms with Crippen LogP contribution in [0.15, 0.2) is 48.1 Å². The van der Waals surface area contributed by atoms with Crippen molar-refractivity contribution in [3.63, 3.8) is 0 Å². The van der Waals surface area contributed by atoms with Crippen LogP contribution < -0.4 is 0 Å². The zero-order valence-electron chi connectivity index (χ0n) is 16.2. The lowest BCUT2D eigenvalue weighted by molar-refractivity contribution is -0.128. The van der Waals surface area contributed by atoms with Crippen molar-refractivity contribution in [2.24, 2.45) is 0 Å². The van der Waals surface area contributed by atoms with Gasteiger partial charge in [0.25, 0.3) is 0 Å². The second-order valence-corrected chi connectivity index (χ2v) is 8.29. The van der Waals surface area contributed by atoms with E-state index in [0.29, 0.717) is 12.5 Å². The Kier molecular flexibility index (Phi) is 6.72. The van der Waals surface area contributed by atoms with E-state index < -0.39 is 0 Å². The Labute approximate surface area is 165 Å². The number of carbonyl (C=O) groups excluding carboxylic acids is 1. The van der Waals surface area contributed by atoms with Crippen molar-refractivity contribution in [2.45, 2.75) is 55.0 Å². The Morgan fingerprint density at radius 3 is 2.59 bits per heavy atom. The molecule has 1 fully saturated rings. The molecule has 3 rings (SSSR count). The Hall–Kier alpha value is -2.08. The number of amides is 1. The maximum absolute atomic E-state index is 12.9. The summed E-state index contributed by atoms with van der Waals surface area (Å²) in [6, 6.07) is 9.89. The number of nitrogens with zero attached hydrogens (tertiary/aromatic N) is 4. The first-order chi connectivity index (χ1) is 13.1. The van der Waals surface area contributed by atoms with Gasteiger partial charge in [-0.3, -0.25) is 4.79 Å². The molecule has 0 radical (unpaired) electrons. The van der Waals surface area contributed by atoms with E-state index in [1.807, 2.05) is 36.4 Å². The second-order valence-electron chi connectivity index (χ2n) is 7.22. The number of carbonyl (C=O) groups is 1. The Morgan fingerprint density at radius 1 is 1.26 bits per heavy atom. The molecule has 1 heterocycles. The third-order valence-electron chi connectivity index (χ3n) is 5.02. The summed E-state index contributed by atoms with van der Waals surface area (Å²) < 4.78 is 2.15. The highest BCUT2D eigenvalue weighted by Crippen LogP contribution is 2.38. The normalized spacial score (nSPS) is 16.1. The molecule has 1 aliphatic carbocycles. The molecule has 0 aliphatic heterocycles. The highest BCUT2D eigenvalue weighted by atomic mass is 32.2. The summed E-state index contributed by atoms with van der Waals surface area (Å²) in [6.45, 7) is 4.57. The molecule has 1 aromatic carbocycles. The number of likely N-dealkylation sites (N-methyl/N-ethyl adjacent to an activating group) is 1. The minimum Gasteiger partial charge on any atom is -0.348 e. The van der Waals surface area contributed by atoms with E-state index in [9.17, 15) is 4.79 Å². The van der Waals surface area contributed by atoms with Crippen LogP contribution in [0.1, 0.15) is 54.7 Å². The first-order valence-electron chi connectivity index (χ1n) is 9.58. The molecular weight excluding hydrogens is 356 g/mol. The lowest BCUT2D eigenvalue weighted by atomic mass is 9.89. The molecule has 0 unspecified atom stereocenters. The minimum atomic E-state index is -0.340. The van der Waals surface area contributed by atoms with Gasteiger partial charge in [0.1, 0.15) is 11.1 Å². The molecule has 1 aromatic heterocycles. The highest BCUT2D eigenvalue weighted by Gasteiger charge is 2.28. The third-order valence-corrected chi connectivity index (χ3v) is 6.24. The van der Waals surface area contributed by atoms with Gasteiger partial charge in [0.15, 0.2) is 5.16 Å². The number of aromatic nitrogens is 3.